The molecule has 0 N–H and O–H groups in total. The molecule has 0 aliphatic heterocycles. The largest absolute Gasteiger partial charge is 0.466 e. The highest BCUT2D eigenvalue weighted by Crippen LogP contribution is 1.97. The van der Waals surface area contributed by atoms with Crippen LogP contribution < -0.4 is 0 Å². The maximum absolute atomic E-state index is 10.7. The van der Waals surface area contributed by atoms with Crippen molar-refractivity contribution in [1.82, 2.24) is 0 Å². The molecule has 0 spiro atoms. The lowest BCUT2D eigenvalue weighted by molar-refractivity contribution is -0.139. The van der Waals surface area contributed by atoms with Crippen molar-refractivity contribution < 1.29 is 19.1 Å². The van der Waals surface area contributed by atoms with Crippen LogP contribution in [0.2, 0.25) is 0 Å². The quantitative estimate of drug-likeness (QED) is 0.321. The second-order valence-electron chi connectivity index (χ2n) is 3.28. The molecule has 0 aromatic carbocycles. The first-order valence-electron chi connectivity index (χ1n) is 5.06. The van der Waals surface area contributed by atoms with Crippen LogP contribution in [0.4, 0.5) is 0 Å². The highest BCUT2D eigenvalue weighted by Gasteiger charge is 1.99. The van der Waals surface area contributed by atoms with Crippen LogP contribution in [-0.2, 0) is 19.1 Å². The summed E-state index contributed by atoms with van der Waals surface area (Å²) < 4.78 is 8.94. The molecule has 0 bridgehead atoms. The molecule has 0 saturated carbocycles. The molecule has 0 rings (SSSR count). The van der Waals surface area contributed by atoms with Gasteiger partial charge in [0.2, 0.25) is 0 Å². The van der Waals surface area contributed by atoms with Gasteiger partial charge in [0.1, 0.15) is 0 Å². The predicted molar refractivity (Wildman–Crippen MR) is 67.2 cm³/mol. The molecule has 0 aromatic heterocycles. The molecular formula is C13H20O4. The van der Waals surface area contributed by atoms with E-state index >= 15 is 0 Å². The van der Waals surface area contributed by atoms with Crippen LogP contribution in [0, 0.1) is 0 Å². The van der Waals surface area contributed by atoms with Gasteiger partial charge in [0.15, 0.2) is 0 Å². The standard InChI is InChI=1S/C8H12O2.C5H8O2/c1-4-5-6-8(9)10-7(2)3;1-4(2)5(6)7-3/h4H,1-2,5-6H2,3H3;1H2,2-3H3. The molecule has 0 saturated heterocycles. The summed E-state index contributed by atoms with van der Waals surface area (Å²) in [5.41, 5.74) is 0.433. The number of esters is 2. The van der Waals surface area contributed by atoms with Gasteiger partial charge < -0.3 is 9.47 Å². The molecular weight excluding hydrogens is 220 g/mol. The highest BCUT2D eigenvalue weighted by atomic mass is 16.5. The summed E-state index contributed by atoms with van der Waals surface area (Å²) in [5, 5.41) is 0. The number of hydrogen-bond donors (Lipinski definition) is 0. The van der Waals surface area contributed by atoms with Gasteiger partial charge in [-0.15, -0.1) is 6.58 Å². The predicted octanol–water partition coefficient (Wildman–Crippen LogP) is 2.76. The smallest absolute Gasteiger partial charge is 0.332 e. The molecule has 0 atom stereocenters. The van der Waals surface area contributed by atoms with E-state index in [9.17, 15) is 9.59 Å². The van der Waals surface area contributed by atoms with Crippen molar-refractivity contribution in [2.45, 2.75) is 26.7 Å². The number of hydrogen-bond acceptors (Lipinski definition) is 4. The van der Waals surface area contributed by atoms with Crippen molar-refractivity contribution >= 4 is 11.9 Å². The van der Waals surface area contributed by atoms with E-state index in [0.717, 1.165) is 0 Å². The average Bonchev–Trinajstić information content (AvgIpc) is 2.25. The summed E-state index contributed by atoms with van der Waals surface area (Å²) in [4.78, 5) is 20.9. The Bertz CT molecular complexity index is 303. The zero-order chi connectivity index (χ0) is 13.8. The Morgan fingerprint density at radius 1 is 1.24 bits per heavy atom. The summed E-state index contributed by atoms with van der Waals surface area (Å²) >= 11 is 0. The lowest BCUT2D eigenvalue weighted by Gasteiger charge is -1.99. The summed E-state index contributed by atoms with van der Waals surface area (Å²) in [7, 11) is 1.33. The number of ether oxygens (including phenoxy) is 2. The molecule has 4 heteroatoms. The molecule has 17 heavy (non-hydrogen) atoms. The second-order valence-corrected chi connectivity index (χ2v) is 3.28. The minimum absolute atomic E-state index is 0.243. The SMILES string of the molecule is C=C(C)C(=O)OC.C=CCCC(=O)OC(=C)C. The Morgan fingerprint density at radius 3 is 2.00 bits per heavy atom. The van der Waals surface area contributed by atoms with Crippen molar-refractivity contribution in [3.8, 4) is 0 Å². The van der Waals surface area contributed by atoms with E-state index < -0.39 is 0 Å². The molecule has 0 fully saturated rings. The number of allylic oxidation sites excluding steroid dienone is 2. The summed E-state index contributed by atoms with van der Waals surface area (Å²) in [5.74, 6) is -0.151. The van der Waals surface area contributed by atoms with Crippen LogP contribution in [0.25, 0.3) is 0 Å². The first-order valence-corrected chi connectivity index (χ1v) is 5.06. The van der Waals surface area contributed by atoms with Gasteiger partial charge in [-0.25, -0.2) is 4.79 Å². The van der Waals surface area contributed by atoms with Crippen molar-refractivity contribution in [2.24, 2.45) is 0 Å². The Hall–Kier alpha value is -1.84. The zero-order valence-electron chi connectivity index (χ0n) is 10.7. The Morgan fingerprint density at radius 2 is 1.76 bits per heavy atom. The van der Waals surface area contributed by atoms with Gasteiger partial charge in [-0.3, -0.25) is 4.79 Å². The Labute approximate surface area is 103 Å². The number of carbonyl (C=O) groups is 2. The van der Waals surface area contributed by atoms with Crippen LogP contribution in [0.3, 0.4) is 0 Å². The molecule has 4 nitrogen and oxygen atoms in total. The number of rotatable bonds is 5. The fourth-order valence-corrected chi connectivity index (χ4v) is 0.640. The van der Waals surface area contributed by atoms with Crippen LogP contribution >= 0.6 is 0 Å². The van der Waals surface area contributed by atoms with E-state index in [0.29, 0.717) is 24.2 Å². The molecule has 0 aromatic rings. The average molecular weight is 240 g/mol. The third-order valence-electron chi connectivity index (χ3n) is 1.37. The monoisotopic (exact) mass is 240 g/mol. The van der Waals surface area contributed by atoms with Gasteiger partial charge in [-0.05, 0) is 20.3 Å². The van der Waals surface area contributed by atoms with E-state index in [1.54, 1.807) is 19.9 Å². The molecule has 0 heterocycles. The van der Waals surface area contributed by atoms with Gasteiger partial charge in [-0.1, -0.05) is 19.2 Å². The highest BCUT2D eigenvalue weighted by molar-refractivity contribution is 5.86. The fraction of sp³-hybridized carbons (Fsp3) is 0.385. The van der Waals surface area contributed by atoms with Gasteiger partial charge >= 0.3 is 11.9 Å². The summed E-state index contributed by atoms with van der Waals surface area (Å²) in [6.45, 7) is 13.5. The minimum Gasteiger partial charge on any atom is -0.466 e. The summed E-state index contributed by atoms with van der Waals surface area (Å²) in [6, 6.07) is 0. The normalized spacial score (nSPS) is 8.18. The van der Waals surface area contributed by atoms with Gasteiger partial charge in [0.05, 0.1) is 12.9 Å². The van der Waals surface area contributed by atoms with Crippen molar-refractivity contribution in [1.29, 1.82) is 0 Å². The lowest BCUT2D eigenvalue weighted by Crippen LogP contribution is -2.00. The van der Waals surface area contributed by atoms with Crippen LogP contribution in [0.5, 0.6) is 0 Å². The molecule has 0 aliphatic rings. The Balaban J connectivity index is 0. The molecule has 0 amide bonds. The molecule has 0 aliphatic carbocycles. The van der Waals surface area contributed by atoms with Crippen molar-refractivity contribution in [3.05, 3.63) is 37.1 Å². The van der Waals surface area contributed by atoms with Crippen LogP contribution in [0.15, 0.2) is 37.1 Å². The molecule has 0 radical (unpaired) electrons. The topological polar surface area (TPSA) is 52.6 Å². The minimum atomic E-state index is -0.347. The first-order chi connectivity index (χ1) is 7.84. The maximum atomic E-state index is 10.7. The Kier molecular flexibility index (Phi) is 11.0. The third kappa shape index (κ3) is 14.2. The number of methoxy groups -OCH3 is 1. The van der Waals surface area contributed by atoms with Crippen molar-refractivity contribution in [3.63, 3.8) is 0 Å². The molecule has 96 valence electrons. The zero-order valence-corrected chi connectivity index (χ0v) is 10.7. The fourth-order valence-electron chi connectivity index (χ4n) is 0.640. The summed E-state index contributed by atoms with van der Waals surface area (Å²) in [6.07, 6.45) is 2.72. The van der Waals surface area contributed by atoms with E-state index in [2.05, 4.69) is 29.2 Å². The van der Waals surface area contributed by atoms with Crippen molar-refractivity contribution in [2.75, 3.05) is 7.11 Å². The lowest BCUT2D eigenvalue weighted by atomic mass is 10.3. The molecule has 0 unspecified atom stereocenters. The second kappa shape index (κ2) is 10.7. The number of carbonyl (C=O) groups excluding carboxylic acids is 2. The van der Waals surface area contributed by atoms with Gasteiger partial charge in [0.25, 0.3) is 0 Å². The van der Waals surface area contributed by atoms with E-state index in [4.69, 9.17) is 0 Å². The van der Waals surface area contributed by atoms with Crippen LogP contribution in [-0.4, -0.2) is 19.0 Å². The van der Waals surface area contributed by atoms with Crippen LogP contribution in [0.1, 0.15) is 26.7 Å². The first kappa shape index (κ1) is 17.6. The van der Waals surface area contributed by atoms with E-state index in [-0.39, 0.29) is 11.9 Å². The maximum Gasteiger partial charge on any atom is 0.332 e. The van der Waals surface area contributed by atoms with E-state index in [1.807, 2.05) is 0 Å². The van der Waals surface area contributed by atoms with Gasteiger partial charge in [-0.2, -0.15) is 0 Å². The third-order valence-corrected chi connectivity index (χ3v) is 1.37. The van der Waals surface area contributed by atoms with E-state index in [1.165, 1.54) is 7.11 Å². The van der Waals surface area contributed by atoms with Gasteiger partial charge in [0, 0.05) is 12.0 Å².